The number of anilines is 1. The van der Waals surface area contributed by atoms with Gasteiger partial charge < -0.3 is 10.5 Å². The molecule has 4 nitrogen and oxygen atoms in total. The van der Waals surface area contributed by atoms with Gasteiger partial charge in [0.2, 0.25) is 0 Å². The van der Waals surface area contributed by atoms with E-state index in [9.17, 15) is 4.79 Å². The number of fused-ring (bicyclic) bond motifs is 1. The number of thiophene rings is 1. The van der Waals surface area contributed by atoms with Crippen LogP contribution in [0.2, 0.25) is 0 Å². The highest BCUT2D eigenvalue weighted by Crippen LogP contribution is 2.32. The Morgan fingerprint density at radius 2 is 2.46 bits per heavy atom. The third kappa shape index (κ3) is 1.27. The van der Waals surface area contributed by atoms with Crippen LogP contribution in [0.5, 0.6) is 0 Å². The minimum absolute atomic E-state index is 0.338. The number of esters is 1. The molecule has 2 aromatic heterocycles. The van der Waals surface area contributed by atoms with Gasteiger partial charge in [-0.15, -0.1) is 11.3 Å². The number of hydrogen-bond acceptors (Lipinski definition) is 6. The van der Waals surface area contributed by atoms with Gasteiger partial charge in [0.25, 0.3) is 0 Å². The standard InChI is InChI=1S/C7H6N2O2S2/c1-11-6(10)3-2-12-5-4(3)13-7(8)9-5/h2H,1H3,(H2,8,9). The zero-order valence-electron chi connectivity index (χ0n) is 6.73. The first-order chi connectivity index (χ1) is 6.22. The molecule has 2 N–H and O–H groups in total. The minimum Gasteiger partial charge on any atom is -0.465 e. The van der Waals surface area contributed by atoms with Crippen molar-refractivity contribution in [2.45, 2.75) is 0 Å². The first kappa shape index (κ1) is 8.46. The predicted molar refractivity (Wildman–Crippen MR) is 53.2 cm³/mol. The lowest BCUT2D eigenvalue weighted by atomic mass is 10.3. The maximum atomic E-state index is 11.2. The highest BCUT2D eigenvalue weighted by atomic mass is 32.1. The third-order valence-electron chi connectivity index (χ3n) is 1.55. The van der Waals surface area contributed by atoms with Crippen LogP contribution in [0.15, 0.2) is 5.38 Å². The molecule has 0 amide bonds. The van der Waals surface area contributed by atoms with Crippen LogP contribution in [0.4, 0.5) is 5.13 Å². The quantitative estimate of drug-likeness (QED) is 0.734. The summed E-state index contributed by atoms with van der Waals surface area (Å²) in [6.45, 7) is 0. The summed E-state index contributed by atoms with van der Waals surface area (Å²) in [7, 11) is 1.36. The number of rotatable bonds is 1. The van der Waals surface area contributed by atoms with Crippen LogP contribution < -0.4 is 5.73 Å². The van der Waals surface area contributed by atoms with Crippen LogP contribution >= 0.6 is 22.7 Å². The van der Waals surface area contributed by atoms with Crippen LogP contribution in [-0.2, 0) is 4.74 Å². The normalized spacial score (nSPS) is 10.5. The second-order valence-electron chi connectivity index (χ2n) is 2.33. The Morgan fingerprint density at radius 1 is 1.69 bits per heavy atom. The number of hydrogen-bond donors (Lipinski definition) is 1. The number of nitrogens with two attached hydrogens (primary N) is 1. The van der Waals surface area contributed by atoms with Gasteiger partial charge in [-0.3, -0.25) is 0 Å². The highest BCUT2D eigenvalue weighted by Gasteiger charge is 2.15. The molecule has 13 heavy (non-hydrogen) atoms. The Bertz CT molecular complexity index is 460. The molecule has 6 heteroatoms. The van der Waals surface area contributed by atoms with E-state index >= 15 is 0 Å². The fourth-order valence-electron chi connectivity index (χ4n) is 0.991. The molecule has 0 atom stereocenters. The number of nitrogen functional groups attached to an aromatic ring is 1. The maximum Gasteiger partial charge on any atom is 0.340 e. The van der Waals surface area contributed by atoms with E-state index in [0.29, 0.717) is 10.7 Å². The average molecular weight is 214 g/mol. The maximum absolute atomic E-state index is 11.2. The first-order valence-electron chi connectivity index (χ1n) is 3.44. The van der Waals surface area contributed by atoms with E-state index in [1.165, 1.54) is 29.8 Å². The molecule has 0 radical (unpaired) electrons. The van der Waals surface area contributed by atoms with Crippen LogP contribution in [0.3, 0.4) is 0 Å². The van der Waals surface area contributed by atoms with Crippen molar-refractivity contribution in [2.24, 2.45) is 0 Å². The molecular weight excluding hydrogens is 208 g/mol. The topological polar surface area (TPSA) is 65.2 Å². The van der Waals surface area contributed by atoms with Gasteiger partial charge in [0.15, 0.2) is 5.13 Å². The van der Waals surface area contributed by atoms with Gasteiger partial charge in [0.1, 0.15) is 4.83 Å². The zero-order valence-corrected chi connectivity index (χ0v) is 8.37. The molecule has 0 aliphatic carbocycles. The van der Waals surface area contributed by atoms with Crippen molar-refractivity contribution in [3.05, 3.63) is 10.9 Å². The zero-order chi connectivity index (χ0) is 9.42. The first-order valence-corrected chi connectivity index (χ1v) is 5.14. The van der Waals surface area contributed by atoms with E-state index in [2.05, 4.69) is 9.72 Å². The smallest absolute Gasteiger partial charge is 0.340 e. The molecule has 68 valence electrons. The summed E-state index contributed by atoms with van der Waals surface area (Å²) in [5.74, 6) is -0.338. The minimum atomic E-state index is -0.338. The van der Waals surface area contributed by atoms with E-state index in [1.807, 2.05) is 0 Å². The van der Waals surface area contributed by atoms with Gasteiger partial charge in [0, 0.05) is 5.38 Å². The molecule has 0 saturated heterocycles. The Kier molecular flexibility index (Phi) is 1.93. The van der Waals surface area contributed by atoms with Crippen molar-refractivity contribution in [3.63, 3.8) is 0 Å². The summed E-state index contributed by atoms with van der Waals surface area (Å²) in [4.78, 5) is 16.1. The summed E-state index contributed by atoms with van der Waals surface area (Å²) in [6, 6.07) is 0. The second-order valence-corrected chi connectivity index (χ2v) is 4.22. The molecule has 2 heterocycles. The number of carbonyl (C=O) groups is 1. The number of ether oxygens (including phenoxy) is 1. The van der Waals surface area contributed by atoms with Crippen molar-refractivity contribution in [1.29, 1.82) is 0 Å². The predicted octanol–water partition coefficient (Wildman–Crippen LogP) is 1.73. The van der Waals surface area contributed by atoms with Crippen molar-refractivity contribution < 1.29 is 9.53 Å². The SMILES string of the molecule is COC(=O)c1csc2nc(N)sc12. The van der Waals surface area contributed by atoms with Crippen molar-refractivity contribution in [3.8, 4) is 0 Å². The van der Waals surface area contributed by atoms with Gasteiger partial charge in [0.05, 0.1) is 17.4 Å². The van der Waals surface area contributed by atoms with Crippen molar-refractivity contribution in [2.75, 3.05) is 12.8 Å². The molecular formula is C7H6N2O2S2. The van der Waals surface area contributed by atoms with E-state index in [1.54, 1.807) is 5.38 Å². The molecule has 0 bridgehead atoms. The number of aromatic nitrogens is 1. The van der Waals surface area contributed by atoms with E-state index in [-0.39, 0.29) is 5.97 Å². The number of carbonyl (C=O) groups excluding carboxylic acids is 1. The monoisotopic (exact) mass is 214 g/mol. The largest absolute Gasteiger partial charge is 0.465 e. The molecule has 0 spiro atoms. The van der Waals surface area contributed by atoms with E-state index < -0.39 is 0 Å². The van der Waals surface area contributed by atoms with Crippen molar-refractivity contribution in [1.82, 2.24) is 4.98 Å². The highest BCUT2D eigenvalue weighted by molar-refractivity contribution is 7.28. The molecule has 2 aromatic rings. The molecule has 0 saturated carbocycles. The number of thiazole rings is 1. The van der Waals surface area contributed by atoms with Gasteiger partial charge in [-0.25, -0.2) is 9.78 Å². The molecule has 0 unspecified atom stereocenters. The van der Waals surface area contributed by atoms with Gasteiger partial charge in [-0.05, 0) is 0 Å². The lowest BCUT2D eigenvalue weighted by Crippen LogP contribution is -1.98. The van der Waals surface area contributed by atoms with Gasteiger partial charge >= 0.3 is 5.97 Å². The molecule has 2 rings (SSSR count). The molecule has 0 aromatic carbocycles. The van der Waals surface area contributed by atoms with Gasteiger partial charge in [-0.1, -0.05) is 11.3 Å². The summed E-state index contributed by atoms with van der Waals surface area (Å²) < 4.78 is 5.43. The van der Waals surface area contributed by atoms with Crippen LogP contribution in [0.1, 0.15) is 10.4 Å². The Balaban J connectivity index is 2.62. The fraction of sp³-hybridized carbons (Fsp3) is 0.143. The van der Waals surface area contributed by atoms with Gasteiger partial charge in [-0.2, -0.15) is 0 Å². The van der Waals surface area contributed by atoms with E-state index in [0.717, 1.165) is 9.53 Å². The van der Waals surface area contributed by atoms with Crippen molar-refractivity contribution >= 4 is 43.3 Å². The summed E-state index contributed by atoms with van der Waals surface area (Å²) in [6.07, 6.45) is 0. The lowest BCUT2D eigenvalue weighted by Gasteiger charge is -1.92. The summed E-state index contributed by atoms with van der Waals surface area (Å²) in [5, 5.41) is 2.21. The lowest BCUT2D eigenvalue weighted by molar-refractivity contribution is 0.0603. The molecule has 0 aliphatic rings. The molecule has 0 fully saturated rings. The summed E-state index contributed by atoms with van der Waals surface area (Å²) >= 11 is 2.70. The Hall–Kier alpha value is -1.14. The average Bonchev–Trinajstić information content (AvgIpc) is 2.61. The third-order valence-corrected chi connectivity index (χ3v) is 3.47. The number of methoxy groups -OCH3 is 1. The van der Waals surface area contributed by atoms with E-state index in [4.69, 9.17) is 5.73 Å². The molecule has 0 aliphatic heterocycles. The second kappa shape index (κ2) is 2.97. The van der Waals surface area contributed by atoms with Crippen LogP contribution in [-0.4, -0.2) is 18.1 Å². The Morgan fingerprint density at radius 3 is 3.15 bits per heavy atom. The summed E-state index contributed by atoms with van der Waals surface area (Å²) in [5.41, 5.74) is 6.06. The van der Waals surface area contributed by atoms with Crippen LogP contribution in [0, 0.1) is 0 Å². The number of nitrogens with zero attached hydrogens (tertiary/aromatic N) is 1. The Labute approximate surface area is 82.0 Å². The van der Waals surface area contributed by atoms with Crippen LogP contribution in [0.25, 0.3) is 9.53 Å². The fourth-order valence-corrected chi connectivity index (χ4v) is 2.94.